The molecule has 0 aliphatic carbocycles. The number of anilines is 3. The first-order valence-corrected chi connectivity index (χ1v) is 6.67. The van der Waals surface area contributed by atoms with Gasteiger partial charge in [0.05, 0.1) is 0 Å². The summed E-state index contributed by atoms with van der Waals surface area (Å²) >= 11 is 0. The summed E-state index contributed by atoms with van der Waals surface area (Å²) in [6.07, 6.45) is 2.47. The number of aromatic nitrogens is 2. The van der Waals surface area contributed by atoms with Gasteiger partial charge in [0.1, 0.15) is 11.6 Å². The third-order valence-corrected chi connectivity index (χ3v) is 3.79. The van der Waals surface area contributed by atoms with Crippen LogP contribution in [0.25, 0.3) is 0 Å². The summed E-state index contributed by atoms with van der Waals surface area (Å²) in [4.78, 5) is 10.8. The van der Waals surface area contributed by atoms with Crippen molar-refractivity contribution in [3.8, 4) is 0 Å². The van der Waals surface area contributed by atoms with Crippen molar-refractivity contribution in [1.82, 2.24) is 9.97 Å². The predicted octanol–water partition coefficient (Wildman–Crippen LogP) is 1.97. The van der Waals surface area contributed by atoms with Gasteiger partial charge in [0.2, 0.25) is 5.95 Å². The molecule has 100 valence electrons. The van der Waals surface area contributed by atoms with Crippen LogP contribution in [-0.2, 0) is 0 Å². The maximum absolute atomic E-state index is 5.73. The van der Waals surface area contributed by atoms with E-state index in [1.807, 2.05) is 13.1 Å². The van der Waals surface area contributed by atoms with Crippen LogP contribution in [0.1, 0.15) is 26.7 Å². The van der Waals surface area contributed by atoms with Crippen molar-refractivity contribution in [2.45, 2.75) is 26.7 Å². The van der Waals surface area contributed by atoms with Crippen LogP contribution >= 0.6 is 0 Å². The Labute approximate surface area is 109 Å². The summed E-state index contributed by atoms with van der Waals surface area (Å²) in [5.74, 6) is 3.67. The van der Waals surface area contributed by atoms with E-state index >= 15 is 0 Å². The molecule has 5 heteroatoms. The molecular weight excluding hydrogens is 226 g/mol. The van der Waals surface area contributed by atoms with Crippen molar-refractivity contribution in [3.05, 3.63) is 6.07 Å². The molecule has 0 unspecified atom stereocenters. The minimum absolute atomic E-state index is 0.336. The van der Waals surface area contributed by atoms with Gasteiger partial charge in [-0.3, -0.25) is 0 Å². The summed E-state index contributed by atoms with van der Waals surface area (Å²) in [6.45, 7) is 6.73. The molecular formula is C13H23N5. The van der Waals surface area contributed by atoms with Crippen molar-refractivity contribution in [3.63, 3.8) is 0 Å². The van der Waals surface area contributed by atoms with E-state index in [1.165, 1.54) is 12.8 Å². The van der Waals surface area contributed by atoms with Gasteiger partial charge < -0.3 is 16.0 Å². The highest BCUT2D eigenvalue weighted by molar-refractivity contribution is 5.52. The second kappa shape index (κ2) is 5.42. The molecule has 1 aromatic rings. The number of hydrogen-bond donors (Lipinski definition) is 2. The number of hydrogen-bond acceptors (Lipinski definition) is 5. The molecule has 2 rings (SSSR count). The summed E-state index contributed by atoms with van der Waals surface area (Å²) in [7, 11) is 1.84. The number of nitrogens with one attached hydrogen (secondary N) is 1. The maximum atomic E-state index is 5.73. The molecule has 2 heterocycles. The van der Waals surface area contributed by atoms with Gasteiger partial charge in [-0.1, -0.05) is 13.8 Å². The fraction of sp³-hybridized carbons (Fsp3) is 0.692. The molecule has 18 heavy (non-hydrogen) atoms. The number of piperidine rings is 1. The highest BCUT2D eigenvalue weighted by atomic mass is 15.2. The van der Waals surface area contributed by atoms with E-state index in [9.17, 15) is 0 Å². The highest BCUT2D eigenvalue weighted by Gasteiger charge is 2.22. The zero-order valence-corrected chi connectivity index (χ0v) is 11.5. The summed E-state index contributed by atoms with van der Waals surface area (Å²) < 4.78 is 0. The molecule has 0 atom stereocenters. The zero-order valence-electron chi connectivity index (χ0n) is 11.5. The normalized spacial score (nSPS) is 17.2. The monoisotopic (exact) mass is 249 g/mol. The summed E-state index contributed by atoms with van der Waals surface area (Å²) in [5, 5.41) is 3.02. The third-order valence-electron chi connectivity index (χ3n) is 3.79. The maximum Gasteiger partial charge on any atom is 0.223 e. The smallest absolute Gasteiger partial charge is 0.223 e. The van der Waals surface area contributed by atoms with E-state index in [4.69, 9.17) is 5.73 Å². The van der Waals surface area contributed by atoms with Gasteiger partial charge in [0.15, 0.2) is 0 Å². The summed E-state index contributed by atoms with van der Waals surface area (Å²) in [6, 6.07) is 1.96. The Morgan fingerprint density at radius 2 is 2.00 bits per heavy atom. The topological polar surface area (TPSA) is 67.1 Å². The van der Waals surface area contributed by atoms with Crippen molar-refractivity contribution in [2.24, 2.45) is 11.8 Å². The first kappa shape index (κ1) is 12.9. The number of rotatable bonds is 3. The van der Waals surface area contributed by atoms with E-state index < -0.39 is 0 Å². The first-order chi connectivity index (χ1) is 8.60. The average Bonchev–Trinajstić information content (AvgIpc) is 2.38. The van der Waals surface area contributed by atoms with Crippen molar-refractivity contribution in [2.75, 3.05) is 36.1 Å². The lowest BCUT2D eigenvalue weighted by Crippen LogP contribution is -2.35. The first-order valence-electron chi connectivity index (χ1n) is 6.67. The van der Waals surface area contributed by atoms with Gasteiger partial charge in [-0.05, 0) is 24.7 Å². The van der Waals surface area contributed by atoms with Crippen molar-refractivity contribution >= 4 is 17.6 Å². The Kier molecular flexibility index (Phi) is 3.89. The van der Waals surface area contributed by atoms with Crippen LogP contribution in [0.2, 0.25) is 0 Å². The van der Waals surface area contributed by atoms with Crippen molar-refractivity contribution in [1.29, 1.82) is 0 Å². The van der Waals surface area contributed by atoms with E-state index in [-0.39, 0.29) is 0 Å². The number of nitrogens with two attached hydrogens (primary N) is 1. The molecule has 1 aromatic heterocycles. The molecule has 1 saturated heterocycles. The molecule has 0 radical (unpaired) electrons. The van der Waals surface area contributed by atoms with E-state index in [1.54, 1.807) is 0 Å². The zero-order chi connectivity index (χ0) is 13.1. The second-order valence-electron chi connectivity index (χ2n) is 5.29. The van der Waals surface area contributed by atoms with Crippen LogP contribution in [0.5, 0.6) is 0 Å². The summed E-state index contributed by atoms with van der Waals surface area (Å²) in [5.41, 5.74) is 5.73. The van der Waals surface area contributed by atoms with Crippen LogP contribution < -0.4 is 16.0 Å². The largest absolute Gasteiger partial charge is 0.373 e. The lowest BCUT2D eigenvalue weighted by molar-refractivity contribution is 0.310. The van der Waals surface area contributed by atoms with Gasteiger partial charge in [0, 0.05) is 26.2 Å². The molecule has 0 spiro atoms. The van der Waals surface area contributed by atoms with Crippen LogP contribution in [0.15, 0.2) is 6.07 Å². The molecule has 0 bridgehead atoms. The molecule has 1 fully saturated rings. The van der Waals surface area contributed by atoms with E-state index in [0.29, 0.717) is 5.95 Å². The Morgan fingerprint density at radius 3 is 2.56 bits per heavy atom. The van der Waals surface area contributed by atoms with Crippen LogP contribution in [-0.4, -0.2) is 30.1 Å². The van der Waals surface area contributed by atoms with Crippen LogP contribution in [0.4, 0.5) is 17.6 Å². The minimum Gasteiger partial charge on any atom is -0.373 e. The lowest BCUT2D eigenvalue weighted by Gasteiger charge is -2.34. The van der Waals surface area contributed by atoms with Gasteiger partial charge >= 0.3 is 0 Å². The Bertz CT molecular complexity index is 396. The molecule has 3 N–H and O–H groups in total. The third kappa shape index (κ3) is 2.83. The predicted molar refractivity (Wildman–Crippen MR) is 75.8 cm³/mol. The molecule has 5 nitrogen and oxygen atoms in total. The Balaban J connectivity index is 2.07. The highest BCUT2D eigenvalue weighted by Crippen LogP contribution is 2.27. The van der Waals surface area contributed by atoms with Crippen LogP contribution in [0.3, 0.4) is 0 Å². The van der Waals surface area contributed by atoms with Gasteiger partial charge in [-0.15, -0.1) is 0 Å². The van der Waals surface area contributed by atoms with Gasteiger partial charge in [-0.2, -0.15) is 9.97 Å². The van der Waals surface area contributed by atoms with Crippen LogP contribution in [0, 0.1) is 11.8 Å². The number of nitrogens with zero attached hydrogens (tertiary/aromatic N) is 3. The lowest BCUT2D eigenvalue weighted by atomic mass is 9.87. The van der Waals surface area contributed by atoms with Gasteiger partial charge in [0.25, 0.3) is 0 Å². The Morgan fingerprint density at radius 1 is 1.33 bits per heavy atom. The van der Waals surface area contributed by atoms with E-state index in [2.05, 4.69) is 34.0 Å². The van der Waals surface area contributed by atoms with E-state index in [0.717, 1.165) is 36.6 Å². The number of nitrogen functional groups attached to an aromatic ring is 1. The fourth-order valence-electron chi connectivity index (χ4n) is 2.54. The SMILES string of the molecule is CNc1cc(N2CCC(C(C)C)CC2)nc(N)n1. The molecule has 1 aliphatic rings. The molecule has 1 aliphatic heterocycles. The van der Waals surface area contributed by atoms with Gasteiger partial charge in [-0.25, -0.2) is 0 Å². The average molecular weight is 249 g/mol. The standard InChI is InChI=1S/C13H23N5/c1-9(2)10-4-6-18(7-5-10)12-8-11(15-3)16-13(14)17-12/h8-10H,4-7H2,1-3H3,(H3,14,15,16,17). The molecule has 0 amide bonds. The Hall–Kier alpha value is -1.52. The van der Waals surface area contributed by atoms with Crippen molar-refractivity contribution < 1.29 is 0 Å². The minimum atomic E-state index is 0.336. The molecule has 0 aromatic carbocycles. The molecule has 0 saturated carbocycles. The quantitative estimate of drug-likeness (QED) is 0.857. The fourth-order valence-corrected chi connectivity index (χ4v) is 2.54. The second-order valence-corrected chi connectivity index (χ2v) is 5.29.